The monoisotopic (exact) mass is 317 g/mol. The maximum Gasteiger partial charge on any atom is 0.263 e. The highest BCUT2D eigenvalue weighted by molar-refractivity contribution is 5.72. The molecule has 0 fully saturated rings. The summed E-state index contributed by atoms with van der Waals surface area (Å²) in [5.74, 6) is 0. The molecule has 1 aromatic carbocycles. The van der Waals surface area contributed by atoms with Crippen molar-refractivity contribution in [3.05, 3.63) is 83.3 Å². The Labute approximate surface area is 138 Å². The molecule has 0 radical (unpaired) electrons. The number of rotatable bonds is 3. The molecule has 118 valence electrons. The van der Waals surface area contributed by atoms with E-state index >= 15 is 0 Å². The molecule has 24 heavy (non-hydrogen) atoms. The van der Waals surface area contributed by atoms with Crippen molar-refractivity contribution in [2.45, 2.75) is 13.0 Å². The number of benzene rings is 1. The van der Waals surface area contributed by atoms with Crippen molar-refractivity contribution in [3.8, 4) is 5.69 Å². The molecular weight excluding hydrogens is 302 g/mol. The molecule has 6 nitrogen and oxygen atoms in total. The Bertz CT molecular complexity index is 1050. The Morgan fingerprint density at radius 3 is 2.71 bits per heavy atom. The van der Waals surface area contributed by atoms with Crippen molar-refractivity contribution < 1.29 is 0 Å². The molecule has 4 aromatic rings. The van der Waals surface area contributed by atoms with Gasteiger partial charge in [-0.3, -0.25) is 9.36 Å². The van der Waals surface area contributed by atoms with E-state index in [1.807, 2.05) is 43.5 Å². The third-order valence-electron chi connectivity index (χ3n) is 4.11. The molecule has 0 bridgehead atoms. The molecule has 0 N–H and O–H groups in total. The van der Waals surface area contributed by atoms with E-state index in [9.17, 15) is 4.79 Å². The van der Waals surface area contributed by atoms with Gasteiger partial charge in [-0.05, 0) is 31.2 Å². The van der Waals surface area contributed by atoms with E-state index in [0.717, 1.165) is 11.3 Å². The van der Waals surface area contributed by atoms with E-state index in [1.165, 1.54) is 0 Å². The molecule has 0 aliphatic heterocycles. The zero-order chi connectivity index (χ0) is 16.5. The van der Waals surface area contributed by atoms with E-state index in [4.69, 9.17) is 0 Å². The minimum absolute atomic E-state index is 0.101. The van der Waals surface area contributed by atoms with Crippen molar-refractivity contribution in [3.63, 3.8) is 0 Å². The lowest BCUT2D eigenvalue weighted by atomic mass is 10.1. The Kier molecular flexibility index (Phi) is 3.42. The van der Waals surface area contributed by atoms with E-state index < -0.39 is 0 Å². The highest BCUT2D eigenvalue weighted by Crippen LogP contribution is 2.23. The second kappa shape index (κ2) is 5.73. The molecule has 0 aliphatic rings. The summed E-state index contributed by atoms with van der Waals surface area (Å²) < 4.78 is 3.43. The number of nitrogens with zero attached hydrogens (tertiary/aromatic N) is 5. The zero-order valence-electron chi connectivity index (χ0n) is 13.1. The van der Waals surface area contributed by atoms with Crippen molar-refractivity contribution in [1.29, 1.82) is 0 Å². The number of fused-ring (bicyclic) bond motifs is 1. The maximum absolute atomic E-state index is 12.8. The second-order valence-corrected chi connectivity index (χ2v) is 5.52. The fraction of sp³-hybridized carbons (Fsp3) is 0.111. The largest absolute Gasteiger partial charge is 0.291 e. The van der Waals surface area contributed by atoms with Gasteiger partial charge in [0.25, 0.3) is 5.56 Å². The van der Waals surface area contributed by atoms with Gasteiger partial charge in [0, 0.05) is 24.2 Å². The first-order valence-corrected chi connectivity index (χ1v) is 7.66. The summed E-state index contributed by atoms with van der Waals surface area (Å²) in [6.07, 6.45) is 6.81. The molecule has 0 unspecified atom stereocenters. The van der Waals surface area contributed by atoms with Gasteiger partial charge in [-0.1, -0.05) is 18.2 Å². The van der Waals surface area contributed by atoms with Gasteiger partial charge in [-0.25, -0.2) is 14.6 Å². The Hall–Kier alpha value is -3.28. The fourth-order valence-electron chi connectivity index (χ4n) is 2.86. The predicted octanol–water partition coefficient (Wildman–Crippen LogP) is 2.59. The molecular formula is C18H15N5O. The maximum atomic E-state index is 12.8. The standard InChI is InChI=1S/C18H15N5O/c1-13(14-6-2-3-8-16(14)23-11-5-10-21-23)22-12-20-17-15(18(22)24)7-4-9-19-17/h2-13H,1H3/t13-/m1/s1. The summed E-state index contributed by atoms with van der Waals surface area (Å²) in [7, 11) is 0. The van der Waals surface area contributed by atoms with Crippen molar-refractivity contribution in [2.24, 2.45) is 0 Å². The first-order chi connectivity index (χ1) is 11.8. The molecule has 0 saturated carbocycles. The van der Waals surface area contributed by atoms with Crippen LogP contribution in [0.2, 0.25) is 0 Å². The zero-order valence-corrected chi connectivity index (χ0v) is 13.1. The Morgan fingerprint density at radius 2 is 1.88 bits per heavy atom. The van der Waals surface area contributed by atoms with Crippen LogP contribution in [0.15, 0.2) is 72.2 Å². The summed E-state index contributed by atoms with van der Waals surface area (Å²) in [5, 5.41) is 4.82. The van der Waals surface area contributed by atoms with Crippen LogP contribution in [0.1, 0.15) is 18.5 Å². The van der Waals surface area contributed by atoms with Gasteiger partial charge in [0.15, 0.2) is 5.65 Å². The summed E-state index contributed by atoms with van der Waals surface area (Å²) in [6.45, 7) is 1.98. The fourth-order valence-corrected chi connectivity index (χ4v) is 2.86. The first kappa shape index (κ1) is 14.3. The lowest BCUT2D eigenvalue weighted by Gasteiger charge is -2.19. The predicted molar refractivity (Wildman–Crippen MR) is 91.2 cm³/mol. The highest BCUT2D eigenvalue weighted by Gasteiger charge is 2.16. The summed E-state index contributed by atoms with van der Waals surface area (Å²) in [4.78, 5) is 21.2. The molecule has 0 aliphatic carbocycles. The summed E-state index contributed by atoms with van der Waals surface area (Å²) in [5.41, 5.74) is 2.30. The van der Waals surface area contributed by atoms with Gasteiger partial charge >= 0.3 is 0 Å². The third-order valence-corrected chi connectivity index (χ3v) is 4.11. The van der Waals surface area contributed by atoms with Crippen molar-refractivity contribution in [2.75, 3.05) is 0 Å². The van der Waals surface area contributed by atoms with Gasteiger partial charge in [0.1, 0.15) is 6.33 Å². The summed E-state index contributed by atoms with van der Waals surface area (Å²) >= 11 is 0. The minimum Gasteiger partial charge on any atom is -0.291 e. The van der Waals surface area contributed by atoms with Gasteiger partial charge in [-0.2, -0.15) is 5.10 Å². The van der Waals surface area contributed by atoms with Crippen LogP contribution in [0, 0.1) is 0 Å². The molecule has 6 heteroatoms. The van der Waals surface area contributed by atoms with Crippen LogP contribution in [0.25, 0.3) is 16.7 Å². The number of hydrogen-bond acceptors (Lipinski definition) is 4. The Morgan fingerprint density at radius 1 is 1.00 bits per heavy atom. The van der Waals surface area contributed by atoms with Crippen LogP contribution in [0.3, 0.4) is 0 Å². The normalized spacial score (nSPS) is 12.4. The molecule has 4 rings (SSSR count). The smallest absolute Gasteiger partial charge is 0.263 e. The van der Waals surface area contributed by atoms with E-state index in [1.54, 1.807) is 40.1 Å². The third kappa shape index (κ3) is 2.28. The van der Waals surface area contributed by atoms with Crippen molar-refractivity contribution >= 4 is 11.0 Å². The van der Waals surface area contributed by atoms with Crippen LogP contribution >= 0.6 is 0 Å². The molecule has 1 atom stereocenters. The number of para-hydroxylation sites is 1. The minimum atomic E-state index is -0.185. The SMILES string of the molecule is C[C@H](c1ccccc1-n1cccn1)n1cnc2ncccc2c1=O. The molecule has 0 spiro atoms. The lowest BCUT2D eigenvalue weighted by Crippen LogP contribution is -2.25. The molecule has 3 heterocycles. The molecule has 0 amide bonds. The first-order valence-electron chi connectivity index (χ1n) is 7.66. The van der Waals surface area contributed by atoms with Crippen LogP contribution in [0.4, 0.5) is 0 Å². The summed E-state index contributed by atoms with van der Waals surface area (Å²) in [6, 6.07) is 13.1. The van der Waals surface area contributed by atoms with E-state index in [-0.39, 0.29) is 11.6 Å². The van der Waals surface area contributed by atoms with Gasteiger partial charge in [0.05, 0.1) is 17.1 Å². The average molecular weight is 317 g/mol. The quantitative estimate of drug-likeness (QED) is 0.582. The highest BCUT2D eigenvalue weighted by atomic mass is 16.1. The van der Waals surface area contributed by atoms with Crippen LogP contribution in [-0.4, -0.2) is 24.3 Å². The Balaban J connectivity index is 1.88. The van der Waals surface area contributed by atoms with Crippen molar-refractivity contribution in [1.82, 2.24) is 24.3 Å². The molecule has 0 saturated heterocycles. The van der Waals surface area contributed by atoms with E-state index in [0.29, 0.717) is 11.0 Å². The number of aromatic nitrogens is 5. The van der Waals surface area contributed by atoms with Gasteiger partial charge < -0.3 is 0 Å². The number of hydrogen-bond donors (Lipinski definition) is 0. The van der Waals surface area contributed by atoms with Gasteiger partial charge in [-0.15, -0.1) is 0 Å². The van der Waals surface area contributed by atoms with Gasteiger partial charge in [0.2, 0.25) is 0 Å². The molecule has 3 aromatic heterocycles. The van der Waals surface area contributed by atoms with Crippen LogP contribution in [-0.2, 0) is 0 Å². The lowest BCUT2D eigenvalue weighted by molar-refractivity contribution is 0.603. The second-order valence-electron chi connectivity index (χ2n) is 5.52. The van der Waals surface area contributed by atoms with Crippen LogP contribution < -0.4 is 5.56 Å². The van der Waals surface area contributed by atoms with Crippen LogP contribution in [0.5, 0.6) is 0 Å². The topological polar surface area (TPSA) is 65.6 Å². The van der Waals surface area contributed by atoms with E-state index in [2.05, 4.69) is 15.1 Å². The number of pyridine rings is 1. The average Bonchev–Trinajstić information content (AvgIpc) is 3.16.